The van der Waals surface area contributed by atoms with Gasteiger partial charge in [-0.25, -0.2) is 9.59 Å². The highest BCUT2D eigenvalue weighted by Crippen LogP contribution is 2.08. The van der Waals surface area contributed by atoms with Crippen molar-refractivity contribution in [2.45, 2.75) is 45.3 Å². The summed E-state index contributed by atoms with van der Waals surface area (Å²) in [4.78, 5) is 22.9. The van der Waals surface area contributed by atoms with E-state index in [-0.39, 0.29) is 0 Å². The van der Waals surface area contributed by atoms with Crippen molar-refractivity contribution in [3.05, 3.63) is 0 Å². The van der Waals surface area contributed by atoms with Crippen LogP contribution >= 0.6 is 22.6 Å². The van der Waals surface area contributed by atoms with Crippen molar-refractivity contribution in [2.75, 3.05) is 11.5 Å². The number of esters is 1. The third-order valence-corrected chi connectivity index (χ3v) is 2.57. The monoisotopic (exact) mass is 357 g/mol. The van der Waals surface area contributed by atoms with Crippen LogP contribution in [0.25, 0.3) is 0 Å². The molecule has 5 nitrogen and oxygen atoms in total. The fourth-order valence-electron chi connectivity index (χ4n) is 1.12. The van der Waals surface area contributed by atoms with Gasteiger partial charge >= 0.3 is 12.1 Å². The quantitative estimate of drug-likeness (QED) is 0.466. The minimum absolute atomic E-state index is 0.444. The lowest BCUT2D eigenvalue weighted by Crippen LogP contribution is -2.44. The van der Waals surface area contributed by atoms with Crippen LogP contribution in [0.2, 0.25) is 0 Å². The zero-order chi connectivity index (χ0) is 13.5. The minimum atomic E-state index is -0.635. The maximum absolute atomic E-state index is 11.5. The Labute approximate surface area is 116 Å². The number of methoxy groups -OCH3 is 1. The Morgan fingerprint density at radius 2 is 1.94 bits per heavy atom. The fraction of sp³-hybridized carbons (Fsp3) is 0.818. The molecular formula is C11H20INO4. The predicted octanol–water partition coefficient (Wildman–Crippen LogP) is 2.27. The second kappa shape index (κ2) is 7.73. The summed E-state index contributed by atoms with van der Waals surface area (Å²) in [6.45, 7) is 5.31. The summed E-state index contributed by atoms with van der Waals surface area (Å²) >= 11 is 2.22. The van der Waals surface area contributed by atoms with Gasteiger partial charge in [0.1, 0.15) is 11.6 Å². The van der Waals surface area contributed by atoms with Crippen molar-refractivity contribution in [1.82, 2.24) is 5.32 Å². The Balaban J connectivity index is 4.32. The molecule has 0 radical (unpaired) electrons. The molecule has 0 aliphatic rings. The Morgan fingerprint density at radius 3 is 2.35 bits per heavy atom. The molecule has 0 aromatic carbocycles. The summed E-state index contributed by atoms with van der Waals surface area (Å²) in [5.74, 6) is -0.444. The lowest BCUT2D eigenvalue weighted by atomic mass is 10.2. The number of ether oxygens (including phenoxy) is 2. The lowest BCUT2D eigenvalue weighted by Gasteiger charge is -2.22. The molecule has 0 aromatic rings. The van der Waals surface area contributed by atoms with Crippen molar-refractivity contribution in [3.8, 4) is 0 Å². The van der Waals surface area contributed by atoms with Gasteiger partial charge in [0, 0.05) is 0 Å². The van der Waals surface area contributed by atoms with Crippen LogP contribution in [0.1, 0.15) is 33.6 Å². The van der Waals surface area contributed by atoms with E-state index < -0.39 is 23.7 Å². The number of hydrogen-bond donors (Lipinski definition) is 1. The maximum atomic E-state index is 11.5. The third kappa shape index (κ3) is 8.23. The van der Waals surface area contributed by atoms with E-state index in [4.69, 9.17) is 4.74 Å². The molecule has 1 amide bonds. The zero-order valence-corrected chi connectivity index (χ0v) is 12.9. The van der Waals surface area contributed by atoms with Crippen LogP contribution < -0.4 is 5.32 Å². The van der Waals surface area contributed by atoms with E-state index in [1.807, 2.05) is 0 Å². The number of rotatable bonds is 5. The van der Waals surface area contributed by atoms with Crippen LogP contribution in [0.5, 0.6) is 0 Å². The van der Waals surface area contributed by atoms with Gasteiger partial charge in [-0.3, -0.25) is 0 Å². The summed E-state index contributed by atoms with van der Waals surface area (Å²) in [6.07, 6.45) is 0.784. The van der Waals surface area contributed by atoms with Gasteiger partial charge in [-0.05, 0) is 38.0 Å². The maximum Gasteiger partial charge on any atom is 0.408 e. The normalized spacial score (nSPS) is 12.8. The number of carbonyl (C=O) groups excluding carboxylic acids is 2. The molecule has 1 N–H and O–H groups in total. The van der Waals surface area contributed by atoms with Crippen molar-refractivity contribution < 1.29 is 19.1 Å². The molecule has 0 spiro atoms. The number of alkyl carbamates (subject to hydrolysis) is 1. The highest BCUT2D eigenvalue weighted by atomic mass is 127. The number of nitrogens with one attached hydrogen (secondary N) is 1. The Kier molecular flexibility index (Phi) is 7.49. The number of amides is 1. The van der Waals surface area contributed by atoms with E-state index in [0.29, 0.717) is 6.42 Å². The van der Waals surface area contributed by atoms with Gasteiger partial charge in [0.2, 0.25) is 0 Å². The van der Waals surface area contributed by atoms with Crippen LogP contribution in [-0.4, -0.2) is 35.2 Å². The smallest absolute Gasteiger partial charge is 0.408 e. The van der Waals surface area contributed by atoms with Crippen LogP contribution in [-0.2, 0) is 14.3 Å². The molecule has 6 heteroatoms. The van der Waals surface area contributed by atoms with Crippen LogP contribution in [0, 0.1) is 0 Å². The molecule has 0 unspecified atom stereocenters. The van der Waals surface area contributed by atoms with Crippen LogP contribution in [0.3, 0.4) is 0 Å². The van der Waals surface area contributed by atoms with E-state index in [2.05, 4.69) is 32.6 Å². The summed E-state index contributed by atoms with van der Waals surface area (Å²) < 4.78 is 10.6. The molecule has 100 valence electrons. The zero-order valence-electron chi connectivity index (χ0n) is 10.7. The first-order chi connectivity index (χ1) is 7.80. The number of alkyl halides is 1. The highest BCUT2D eigenvalue weighted by Gasteiger charge is 2.24. The van der Waals surface area contributed by atoms with Gasteiger partial charge in [-0.1, -0.05) is 22.6 Å². The van der Waals surface area contributed by atoms with Crippen molar-refractivity contribution in [2.24, 2.45) is 0 Å². The van der Waals surface area contributed by atoms with E-state index in [1.54, 1.807) is 20.8 Å². The Bertz CT molecular complexity index is 263. The first-order valence-corrected chi connectivity index (χ1v) is 6.96. The summed E-state index contributed by atoms with van der Waals surface area (Å²) in [5, 5.41) is 2.52. The molecule has 0 aliphatic heterocycles. The molecule has 0 saturated heterocycles. The molecule has 0 aliphatic carbocycles. The average Bonchev–Trinajstić information content (AvgIpc) is 2.20. The van der Waals surface area contributed by atoms with Crippen LogP contribution in [0.15, 0.2) is 0 Å². The number of carbonyl (C=O) groups is 2. The molecule has 17 heavy (non-hydrogen) atoms. The van der Waals surface area contributed by atoms with Gasteiger partial charge in [0.05, 0.1) is 7.11 Å². The molecule has 0 fully saturated rings. The second-order valence-corrected chi connectivity index (χ2v) is 5.63. The van der Waals surface area contributed by atoms with Crippen molar-refractivity contribution >= 4 is 34.7 Å². The minimum Gasteiger partial charge on any atom is -0.467 e. The van der Waals surface area contributed by atoms with E-state index in [1.165, 1.54) is 7.11 Å². The van der Waals surface area contributed by atoms with Gasteiger partial charge in [-0.2, -0.15) is 0 Å². The van der Waals surface area contributed by atoms with Gasteiger partial charge in [0.25, 0.3) is 0 Å². The largest absolute Gasteiger partial charge is 0.467 e. The summed E-state index contributed by atoms with van der Waals surface area (Å²) in [7, 11) is 1.30. The van der Waals surface area contributed by atoms with E-state index in [0.717, 1.165) is 10.8 Å². The topological polar surface area (TPSA) is 64.6 Å². The third-order valence-electron chi connectivity index (χ3n) is 1.80. The standard InChI is InChI=1S/C11H20INO4/c1-11(2,3)17-10(15)13-8(6-5-7-12)9(14)16-4/h8H,5-7H2,1-4H3,(H,13,15)/t8-/m1/s1. The fourth-order valence-corrected chi connectivity index (χ4v) is 1.56. The SMILES string of the molecule is COC(=O)[C@@H](CCCI)NC(=O)OC(C)(C)C. The number of hydrogen-bond acceptors (Lipinski definition) is 4. The summed E-state index contributed by atoms with van der Waals surface area (Å²) in [6, 6.07) is -0.635. The highest BCUT2D eigenvalue weighted by molar-refractivity contribution is 14.1. The molecular weight excluding hydrogens is 337 g/mol. The molecule has 1 atom stereocenters. The Morgan fingerprint density at radius 1 is 1.35 bits per heavy atom. The number of halogens is 1. The lowest BCUT2D eigenvalue weighted by molar-refractivity contribution is -0.143. The molecule has 0 heterocycles. The molecule has 0 rings (SSSR count). The van der Waals surface area contributed by atoms with Crippen molar-refractivity contribution in [1.29, 1.82) is 0 Å². The van der Waals surface area contributed by atoms with Gasteiger partial charge < -0.3 is 14.8 Å². The van der Waals surface area contributed by atoms with E-state index >= 15 is 0 Å². The second-order valence-electron chi connectivity index (χ2n) is 4.55. The first-order valence-electron chi connectivity index (χ1n) is 5.43. The Hall–Kier alpha value is -0.530. The summed E-state index contributed by atoms with van der Waals surface area (Å²) in [5.41, 5.74) is -0.575. The molecule has 0 saturated carbocycles. The molecule has 0 aromatic heterocycles. The first kappa shape index (κ1) is 16.5. The van der Waals surface area contributed by atoms with Gasteiger partial charge in [0.15, 0.2) is 0 Å². The molecule has 0 bridgehead atoms. The van der Waals surface area contributed by atoms with Crippen molar-refractivity contribution in [3.63, 3.8) is 0 Å². The average molecular weight is 357 g/mol. The van der Waals surface area contributed by atoms with E-state index in [9.17, 15) is 9.59 Å². The predicted molar refractivity (Wildman–Crippen MR) is 73.3 cm³/mol. The van der Waals surface area contributed by atoms with Crippen LogP contribution in [0.4, 0.5) is 4.79 Å². The van der Waals surface area contributed by atoms with Gasteiger partial charge in [-0.15, -0.1) is 0 Å².